The summed E-state index contributed by atoms with van der Waals surface area (Å²) in [5.41, 5.74) is 1.56. The average molecular weight is 479 g/mol. The van der Waals surface area contributed by atoms with E-state index >= 15 is 0 Å². The topological polar surface area (TPSA) is 97.1 Å². The third kappa shape index (κ3) is 4.97. The largest absolute Gasteiger partial charge is 0.477 e. The highest BCUT2D eigenvalue weighted by Crippen LogP contribution is 2.33. The molecule has 1 fully saturated rings. The van der Waals surface area contributed by atoms with Gasteiger partial charge in [-0.25, -0.2) is 14.5 Å². The maximum Gasteiger partial charge on any atom is 0.341 e. The summed E-state index contributed by atoms with van der Waals surface area (Å²) in [6.07, 6.45) is 7.07. The van der Waals surface area contributed by atoms with E-state index in [2.05, 4.69) is 28.9 Å². The molecule has 0 unspecified atom stereocenters. The molecular formula is C26H30N4O3S. The lowest BCUT2D eigenvalue weighted by molar-refractivity contribution is -0.127. The highest BCUT2D eigenvalue weighted by atomic mass is 32.1. The minimum absolute atomic E-state index is 0.00691. The molecule has 0 bridgehead atoms. The van der Waals surface area contributed by atoms with Crippen molar-refractivity contribution in [2.45, 2.75) is 52.0 Å². The lowest BCUT2D eigenvalue weighted by Gasteiger charge is -2.33. The SMILES string of the molecule is C=C(c1ccc(-n2cc(C(=O)O)c(NC(C)(C)C(=O)C3CCC(C)CC3)n2)cc1)c1nccs1. The second kappa shape index (κ2) is 9.54. The molecule has 3 aromatic rings. The van der Waals surface area contributed by atoms with E-state index in [1.807, 2.05) is 29.6 Å². The Kier molecular flexibility index (Phi) is 6.70. The molecule has 0 aliphatic heterocycles. The molecule has 1 aliphatic carbocycles. The van der Waals surface area contributed by atoms with E-state index in [0.717, 1.165) is 41.8 Å². The number of ketones is 1. The Morgan fingerprint density at radius 3 is 2.44 bits per heavy atom. The van der Waals surface area contributed by atoms with Crippen molar-refractivity contribution < 1.29 is 14.7 Å². The maximum atomic E-state index is 13.2. The van der Waals surface area contributed by atoms with Crippen molar-refractivity contribution >= 4 is 34.5 Å². The molecule has 4 rings (SSSR count). The minimum Gasteiger partial charge on any atom is -0.477 e. The number of thiazole rings is 1. The van der Waals surface area contributed by atoms with Gasteiger partial charge in [-0.15, -0.1) is 16.4 Å². The molecule has 0 amide bonds. The minimum atomic E-state index is -1.10. The van der Waals surface area contributed by atoms with E-state index in [9.17, 15) is 14.7 Å². The Morgan fingerprint density at radius 1 is 1.18 bits per heavy atom. The zero-order valence-corrected chi connectivity index (χ0v) is 20.6. The van der Waals surface area contributed by atoms with Gasteiger partial charge in [-0.3, -0.25) is 4.79 Å². The fraction of sp³-hybridized carbons (Fsp3) is 0.385. The molecule has 0 saturated heterocycles. The number of carbonyl (C=O) groups is 2. The molecule has 7 nitrogen and oxygen atoms in total. The summed E-state index contributed by atoms with van der Waals surface area (Å²) < 4.78 is 1.52. The summed E-state index contributed by atoms with van der Waals surface area (Å²) in [6, 6.07) is 7.53. The Labute approximate surface area is 203 Å². The van der Waals surface area contributed by atoms with Crippen LogP contribution in [0.5, 0.6) is 0 Å². The number of nitrogens with one attached hydrogen (secondary N) is 1. The molecule has 0 spiro atoms. The van der Waals surface area contributed by atoms with Crippen molar-refractivity contribution in [2.24, 2.45) is 11.8 Å². The highest BCUT2D eigenvalue weighted by molar-refractivity contribution is 7.10. The number of carbonyl (C=O) groups excluding carboxylic acids is 1. The van der Waals surface area contributed by atoms with Crippen molar-refractivity contribution in [3.8, 4) is 5.69 Å². The van der Waals surface area contributed by atoms with Gasteiger partial charge in [0.1, 0.15) is 10.6 Å². The van der Waals surface area contributed by atoms with E-state index in [-0.39, 0.29) is 23.1 Å². The summed E-state index contributed by atoms with van der Waals surface area (Å²) in [6.45, 7) is 9.94. The Morgan fingerprint density at radius 2 is 1.85 bits per heavy atom. The van der Waals surface area contributed by atoms with E-state index in [0.29, 0.717) is 11.6 Å². The first kappa shape index (κ1) is 23.9. The summed E-state index contributed by atoms with van der Waals surface area (Å²) in [7, 11) is 0. The van der Waals surface area contributed by atoms with Crippen LogP contribution < -0.4 is 5.32 Å². The molecule has 178 valence electrons. The van der Waals surface area contributed by atoms with Gasteiger partial charge in [0.25, 0.3) is 0 Å². The molecule has 2 N–H and O–H groups in total. The van der Waals surface area contributed by atoms with Crippen LogP contribution in [0.3, 0.4) is 0 Å². The number of anilines is 1. The fourth-order valence-corrected chi connectivity index (χ4v) is 5.09. The maximum absolute atomic E-state index is 13.2. The van der Waals surface area contributed by atoms with Crippen LogP contribution >= 0.6 is 11.3 Å². The molecule has 2 heterocycles. The van der Waals surface area contributed by atoms with Gasteiger partial charge in [-0.2, -0.15) is 0 Å². The Bertz CT molecular complexity index is 1190. The van der Waals surface area contributed by atoms with E-state index in [1.165, 1.54) is 22.2 Å². The van der Waals surface area contributed by atoms with Crippen LogP contribution in [0.15, 0.2) is 48.6 Å². The van der Waals surface area contributed by atoms with Crippen LogP contribution in [-0.2, 0) is 4.79 Å². The summed E-state index contributed by atoms with van der Waals surface area (Å²) >= 11 is 1.52. The van der Waals surface area contributed by atoms with Gasteiger partial charge in [-0.1, -0.05) is 38.5 Å². The molecule has 0 atom stereocenters. The molecule has 34 heavy (non-hydrogen) atoms. The van der Waals surface area contributed by atoms with Crippen molar-refractivity contribution in [3.63, 3.8) is 0 Å². The number of aromatic nitrogens is 3. The third-order valence-corrected chi connectivity index (χ3v) is 7.38. The van der Waals surface area contributed by atoms with Crippen LogP contribution in [0.2, 0.25) is 0 Å². The van der Waals surface area contributed by atoms with Gasteiger partial charge in [0, 0.05) is 29.3 Å². The van der Waals surface area contributed by atoms with Crippen LogP contribution in [0.25, 0.3) is 11.3 Å². The van der Waals surface area contributed by atoms with Gasteiger partial charge < -0.3 is 10.4 Å². The van der Waals surface area contributed by atoms with E-state index in [4.69, 9.17) is 0 Å². The summed E-state index contributed by atoms with van der Waals surface area (Å²) in [4.78, 5) is 29.5. The smallest absolute Gasteiger partial charge is 0.341 e. The Balaban J connectivity index is 1.55. The highest BCUT2D eigenvalue weighted by Gasteiger charge is 2.36. The summed E-state index contributed by atoms with van der Waals surface area (Å²) in [5.74, 6) is -0.161. The zero-order chi connectivity index (χ0) is 24.5. The standard InChI is InChI=1S/C26H30N4O3S/c1-16-5-7-19(8-6-16)22(31)26(3,4)28-23-21(25(32)33)15-30(29-23)20-11-9-18(10-12-20)17(2)24-27-13-14-34-24/h9-16,19H,2,5-8H2,1,3-4H3,(H,28,29)(H,32,33). The lowest BCUT2D eigenvalue weighted by Crippen LogP contribution is -2.45. The number of carboxylic acids is 1. The van der Waals surface area contributed by atoms with Crippen LogP contribution in [-0.4, -0.2) is 37.2 Å². The second-order valence-electron chi connectivity index (χ2n) is 9.57. The quantitative estimate of drug-likeness (QED) is 0.433. The first-order valence-electron chi connectivity index (χ1n) is 11.5. The number of Topliss-reactive ketones (excluding diaryl/α,β-unsaturated/α-hetero) is 1. The van der Waals surface area contributed by atoms with Gasteiger partial charge >= 0.3 is 5.97 Å². The van der Waals surface area contributed by atoms with E-state index in [1.54, 1.807) is 20.0 Å². The van der Waals surface area contributed by atoms with Crippen molar-refractivity contribution in [1.29, 1.82) is 0 Å². The predicted octanol–water partition coefficient (Wildman–Crippen LogP) is 5.67. The normalized spacial score (nSPS) is 18.4. The molecule has 0 radical (unpaired) electrons. The van der Waals surface area contributed by atoms with Crippen molar-refractivity contribution in [1.82, 2.24) is 14.8 Å². The van der Waals surface area contributed by atoms with E-state index < -0.39 is 11.5 Å². The van der Waals surface area contributed by atoms with Crippen LogP contribution in [0.1, 0.15) is 67.4 Å². The Hall–Kier alpha value is -3.26. The predicted molar refractivity (Wildman–Crippen MR) is 135 cm³/mol. The molecule has 2 aromatic heterocycles. The number of rotatable bonds is 8. The number of benzene rings is 1. The van der Waals surface area contributed by atoms with Crippen LogP contribution in [0.4, 0.5) is 5.82 Å². The first-order valence-corrected chi connectivity index (χ1v) is 12.4. The average Bonchev–Trinajstić information content (AvgIpc) is 3.49. The fourth-order valence-electron chi connectivity index (χ4n) is 4.46. The third-order valence-electron chi connectivity index (χ3n) is 6.55. The van der Waals surface area contributed by atoms with Crippen molar-refractivity contribution in [2.75, 3.05) is 5.32 Å². The number of hydrogen-bond donors (Lipinski definition) is 2. The number of hydrogen-bond acceptors (Lipinski definition) is 6. The lowest BCUT2D eigenvalue weighted by atomic mass is 9.76. The zero-order valence-electron chi connectivity index (χ0n) is 19.7. The van der Waals surface area contributed by atoms with Gasteiger partial charge in [0.2, 0.25) is 0 Å². The molecule has 1 aliphatic rings. The number of aromatic carboxylic acids is 1. The first-order chi connectivity index (χ1) is 16.2. The molecule has 1 aromatic carbocycles. The van der Waals surface area contributed by atoms with Crippen molar-refractivity contribution in [3.05, 3.63) is 64.8 Å². The molecular weight excluding hydrogens is 448 g/mol. The molecule has 1 saturated carbocycles. The second-order valence-corrected chi connectivity index (χ2v) is 10.5. The molecule has 8 heteroatoms. The number of carboxylic acid groups (broad SMARTS) is 1. The van der Waals surface area contributed by atoms with Gasteiger partial charge in [-0.05, 0) is 50.3 Å². The van der Waals surface area contributed by atoms with Gasteiger partial charge in [0.15, 0.2) is 11.6 Å². The van der Waals surface area contributed by atoms with Crippen LogP contribution in [0, 0.1) is 11.8 Å². The monoisotopic (exact) mass is 478 g/mol. The number of nitrogens with zero attached hydrogens (tertiary/aromatic N) is 3. The van der Waals surface area contributed by atoms with Gasteiger partial charge in [0.05, 0.1) is 11.2 Å². The summed E-state index contributed by atoms with van der Waals surface area (Å²) in [5, 5.41) is 20.1.